The molecule has 0 unspecified atom stereocenters. The lowest BCUT2D eigenvalue weighted by Crippen LogP contribution is -2.02. The van der Waals surface area contributed by atoms with Crippen LogP contribution in [0.15, 0.2) is 119 Å². The molecule has 0 aliphatic heterocycles. The van der Waals surface area contributed by atoms with Crippen LogP contribution in [-0.4, -0.2) is 17.5 Å². The van der Waals surface area contributed by atoms with Gasteiger partial charge in [0, 0.05) is 121 Å². The molecule has 0 spiro atoms. The van der Waals surface area contributed by atoms with Gasteiger partial charge in [0.05, 0.1) is 5.56 Å². The van der Waals surface area contributed by atoms with E-state index in [1.807, 2.05) is 58.3 Å². The van der Waals surface area contributed by atoms with E-state index in [-0.39, 0.29) is 16.4 Å². The summed E-state index contributed by atoms with van der Waals surface area (Å²) in [4.78, 5) is 68.0. The van der Waals surface area contributed by atoms with Gasteiger partial charge in [-0.1, -0.05) is 105 Å². The third-order valence-corrected chi connectivity index (χ3v) is 26.0. The van der Waals surface area contributed by atoms with Crippen LogP contribution >= 0.6 is 90.7 Å². The molecule has 8 aromatic heterocycles. The molecular formula is C72H72O6S8. The van der Waals surface area contributed by atoms with Gasteiger partial charge < -0.3 is 9.84 Å². The fourth-order valence-electron chi connectivity index (χ4n) is 11.4. The Labute approximate surface area is 536 Å². The van der Waals surface area contributed by atoms with Crippen molar-refractivity contribution < 1.29 is 19.4 Å². The predicted octanol–water partition coefficient (Wildman–Crippen LogP) is 23.8. The molecule has 0 fully saturated rings. The number of carboxylic acid groups (broad SMARTS) is 1. The molecule has 4 aromatic carbocycles. The maximum absolute atomic E-state index is 13.6. The highest BCUT2D eigenvalue weighted by molar-refractivity contribution is 7.28. The monoisotopic (exact) mass is 1290 g/mol. The van der Waals surface area contributed by atoms with E-state index in [9.17, 15) is 24.3 Å². The number of carbonyl (C=O) groups is 2. The summed E-state index contributed by atoms with van der Waals surface area (Å²) in [5.74, 6) is -0.654. The Morgan fingerprint density at radius 3 is 1.09 bits per heavy atom. The zero-order valence-electron chi connectivity index (χ0n) is 49.4. The van der Waals surface area contributed by atoms with Crippen LogP contribution in [0.2, 0.25) is 0 Å². The van der Waals surface area contributed by atoms with Gasteiger partial charge in [-0.2, -0.15) is 0 Å². The average Bonchev–Trinajstić information content (AvgIpc) is 1.81. The van der Waals surface area contributed by atoms with Crippen molar-refractivity contribution >= 4 is 145 Å². The van der Waals surface area contributed by atoms with Crippen LogP contribution in [-0.2, 0) is 30.5 Å². The summed E-state index contributed by atoms with van der Waals surface area (Å²) in [6.45, 7) is 9.36. The Bertz CT molecular complexity index is 4210. The van der Waals surface area contributed by atoms with Gasteiger partial charge in [-0.3, -0.25) is 14.4 Å². The lowest BCUT2D eigenvalue weighted by atomic mass is 10.0. The number of thiophene rings is 8. The summed E-state index contributed by atoms with van der Waals surface area (Å²) < 4.78 is 7.49. The van der Waals surface area contributed by atoms with Crippen molar-refractivity contribution in [2.45, 2.75) is 156 Å². The van der Waals surface area contributed by atoms with Crippen LogP contribution in [0.25, 0.3) is 102 Å². The van der Waals surface area contributed by atoms with Crippen molar-refractivity contribution in [3.63, 3.8) is 0 Å². The molecule has 6 nitrogen and oxygen atoms in total. The largest absolute Gasteiger partial charge is 0.478 e. The van der Waals surface area contributed by atoms with E-state index in [1.165, 1.54) is 142 Å². The van der Waals surface area contributed by atoms with E-state index in [0.29, 0.717) is 23.3 Å². The number of aryl methyl sites for hydroxylation is 4. The molecule has 0 amide bonds. The van der Waals surface area contributed by atoms with Crippen LogP contribution < -0.4 is 15.6 Å². The maximum Gasteiger partial charge on any atom is 0.336 e. The molecule has 444 valence electrons. The number of hydrogen-bond donors (Lipinski definition) is 1. The first-order valence-electron chi connectivity index (χ1n) is 30.7. The summed E-state index contributed by atoms with van der Waals surface area (Å²) in [7, 11) is 0. The van der Waals surface area contributed by atoms with Crippen LogP contribution in [0, 0.1) is 0 Å². The number of hydrogen-bond acceptors (Lipinski definition) is 13. The van der Waals surface area contributed by atoms with Gasteiger partial charge in [-0.25, -0.2) is 4.79 Å². The molecule has 1 N–H and O–H groups in total. The van der Waals surface area contributed by atoms with Crippen molar-refractivity contribution in [1.29, 1.82) is 0 Å². The Kier molecular flexibility index (Phi) is 21.0. The van der Waals surface area contributed by atoms with Gasteiger partial charge in [0.2, 0.25) is 0 Å². The quantitative estimate of drug-likeness (QED) is 0.0371. The number of aromatic carboxylic acids is 1. The average molecular weight is 1290 g/mol. The topological polar surface area (TPSA) is 97.7 Å². The standard InChI is InChI=1S/C36H38O4S4.C36H34O2S4/c1-3-5-7-9-11-24-13-15-32(41-24)34-19-17-30(43-34)26-22-29(40-23-37)28(21-27(26)36(38)39)31-18-20-35(44-31)33-16-14-25(42-33)12-10-8-6-4-2;1-3-5-7-9-11-21-13-15-29(39-21)31-19-27-33(37)23-18-26-24(17-25(23)35(27)41-31)34(38)28-20-32(42-36(26)28)30-16-14-22(40-30)12-10-8-6-4-2/h13-23H,3-12H2,1-2H3,(H,38,39);13-20H,3-12H2,1-2H3. The van der Waals surface area contributed by atoms with Gasteiger partial charge in [0.25, 0.3) is 6.47 Å². The highest BCUT2D eigenvalue weighted by atomic mass is 32.1. The first-order valence-corrected chi connectivity index (χ1v) is 37.2. The SMILES string of the molecule is CCCCCCc1ccc(-c2cc3c(=O)c4cc5c(cc4c3s2)c(=O)c2cc(-c3ccc(CCCCCC)s3)sc25)s1.CCCCCCc1ccc(-c2ccc(-c3cc(C(=O)O)c(-c4ccc(-c5ccc(CCCCCC)s5)s4)cc3OC=O)s2)s1. The summed E-state index contributed by atoms with van der Waals surface area (Å²) in [5.41, 5.74) is 1.52. The smallest absolute Gasteiger partial charge is 0.336 e. The number of unbranched alkanes of at least 4 members (excludes halogenated alkanes) is 12. The Hall–Kier alpha value is -5.68. The normalized spacial score (nSPS) is 11.7. The zero-order valence-corrected chi connectivity index (χ0v) is 55.9. The molecule has 12 rings (SSSR count). The van der Waals surface area contributed by atoms with E-state index in [2.05, 4.69) is 100 Å². The number of carbonyl (C=O) groups excluding carboxylic acids is 1. The minimum Gasteiger partial charge on any atom is -0.478 e. The Morgan fingerprint density at radius 1 is 0.372 bits per heavy atom. The van der Waals surface area contributed by atoms with Crippen molar-refractivity contribution in [2.75, 3.05) is 0 Å². The molecule has 0 bridgehead atoms. The van der Waals surface area contributed by atoms with Crippen LogP contribution in [0.1, 0.15) is 160 Å². The van der Waals surface area contributed by atoms with Crippen molar-refractivity contribution in [1.82, 2.24) is 0 Å². The Morgan fingerprint density at radius 2 is 0.721 bits per heavy atom. The molecule has 0 aliphatic rings. The van der Waals surface area contributed by atoms with Crippen molar-refractivity contribution in [3.8, 4) is 65.6 Å². The number of benzene rings is 2. The molecule has 8 heterocycles. The highest BCUT2D eigenvalue weighted by Gasteiger charge is 2.24. The fraction of sp³-hybridized carbons (Fsp3) is 0.333. The maximum atomic E-state index is 13.6. The van der Waals surface area contributed by atoms with Crippen molar-refractivity contribution in [2.24, 2.45) is 0 Å². The third-order valence-electron chi connectivity index (χ3n) is 16.1. The van der Waals surface area contributed by atoms with E-state index < -0.39 is 5.97 Å². The molecule has 0 saturated heterocycles. The number of ether oxygens (including phenoxy) is 1. The molecule has 14 heteroatoms. The van der Waals surface area contributed by atoms with E-state index in [0.717, 1.165) is 96.7 Å². The Balaban J connectivity index is 0.000000179. The number of fused-ring (bicyclic) bond motifs is 6. The van der Waals surface area contributed by atoms with Crippen LogP contribution in [0.3, 0.4) is 0 Å². The first kappa shape index (κ1) is 61.9. The van der Waals surface area contributed by atoms with Gasteiger partial charge >= 0.3 is 5.97 Å². The minimum atomic E-state index is -1.01. The van der Waals surface area contributed by atoms with E-state index >= 15 is 0 Å². The van der Waals surface area contributed by atoms with Gasteiger partial charge in [0.1, 0.15) is 5.75 Å². The molecule has 0 radical (unpaired) electrons. The third kappa shape index (κ3) is 13.9. The number of carboxylic acids is 1. The van der Waals surface area contributed by atoms with E-state index in [1.54, 1.807) is 68.8 Å². The van der Waals surface area contributed by atoms with Gasteiger partial charge in [0.15, 0.2) is 10.9 Å². The van der Waals surface area contributed by atoms with E-state index in [4.69, 9.17) is 4.74 Å². The summed E-state index contributed by atoms with van der Waals surface area (Å²) in [6, 6.07) is 37.2. The molecule has 0 aliphatic carbocycles. The second-order valence-electron chi connectivity index (χ2n) is 22.4. The minimum absolute atomic E-state index is 0.0882. The summed E-state index contributed by atoms with van der Waals surface area (Å²) in [6.07, 6.45) is 24.5. The van der Waals surface area contributed by atoms with Crippen LogP contribution in [0.5, 0.6) is 5.75 Å². The zero-order chi connectivity index (χ0) is 59.7. The summed E-state index contributed by atoms with van der Waals surface area (Å²) >= 11 is 13.9. The van der Waals surface area contributed by atoms with Gasteiger partial charge in [-0.05, 0) is 161 Å². The van der Waals surface area contributed by atoms with Gasteiger partial charge in [-0.15, -0.1) is 90.7 Å². The van der Waals surface area contributed by atoms with Crippen molar-refractivity contribution in [3.05, 3.63) is 155 Å². The number of rotatable bonds is 29. The first-order chi connectivity index (χ1) is 42.0. The second kappa shape index (κ2) is 29.1. The lowest BCUT2D eigenvalue weighted by Gasteiger charge is -2.11. The molecular weight excluding hydrogens is 1220 g/mol. The fourth-order valence-corrected chi connectivity index (χ4v) is 20.4. The molecule has 0 atom stereocenters. The molecule has 12 aromatic rings. The second-order valence-corrected chi connectivity index (χ2v) is 31.3. The highest BCUT2D eigenvalue weighted by Crippen LogP contribution is 2.48. The van der Waals surface area contributed by atoms with Crippen LogP contribution in [0.4, 0.5) is 0 Å². The predicted molar refractivity (Wildman–Crippen MR) is 378 cm³/mol. The lowest BCUT2D eigenvalue weighted by molar-refractivity contribution is -0.120. The molecule has 0 saturated carbocycles. The molecule has 86 heavy (non-hydrogen) atoms. The summed E-state index contributed by atoms with van der Waals surface area (Å²) in [5, 5.41) is 15.2.